The summed E-state index contributed by atoms with van der Waals surface area (Å²) in [5.74, 6) is 1.28. The summed E-state index contributed by atoms with van der Waals surface area (Å²) in [7, 11) is 3.14. The first-order chi connectivity index (χ1) is 15.0. The second kappa shape index (κ2) is 8.81. The second-order valence-electron chi connectivity index (χ2n) is 6.91. The summed E-state index contributed by atoms with van der Waals surface area (Å²) in [5.41, 5.74) is 3.65. The van der Waals surface area contributed by atoms with E-state index in [0.717, 1.165) is 21.2 Å². The van der Waals surface area contributed by atoms with E-state index < -0.39 is 6.23 Å². The van der Waals surface area contributed by atoms with Crippen molar-refractivity contribution in [3.8, 4) is 22.6 Å². The zero-order chi connectivity index (χ0) is 22.0. The minimum absolute atomic E-state index is 0.241. The van der Waals surface area contributed by atoms with Gasteiger partial charge in [0.2, 0.25) is 18.0 Å². The van der Waals surface area contributed by atoms with Gasteiger partial charge in [0.1, 0.15) is 11.5 Å². The highest BCUT2D eigenvalue weighted by Gasteiger charge is 2.35. The summed E-state index contributed by atoms with van der Waals surface area (Å²) in [6, 6.07) is 21.5. The number of rotatable bonds is 5. The third kappa shape index (κ3) is 4.14. The Balaban J connectivity index is 1.66. The van der Waals surface area contributed by atoms with E-state index in [9.17, 15) is 4.79 Å². The van der Waals surface area contributed by atoms with Gasteiger partial charge >= 0.3 is 0 Å². The van der Waals surface area contributed by atoms with E-state index >= 15 is 0 Å². The van der Waals surface area contributed by atoms with Crippen LogP contribution in [0, 0.1) is 0 Å². The summed E-state index contributed by atoms with van der Waals surface area (Å²) in [6.45, 7) is 1.45. The zero-order valence-electron chi connectivity index (χ0n) is 17.3. The Morgan fingerprint density at radius 1 is 0.935 bits per heavy atom. The molecule has 0 saturated carbocycles. The Bertz CT molecular complexity index is 1130. The molecule has 0 aliphatic carbocycles. The molecule has 3 aromatic carbocycles. The van der Waals surface area contributed by atoms with Crippen LogP contribution in [-0.4, -0.2) is 31.0 Å². The van der Waals surface area contributed by atoms with Gasteiger partial charge in [-0.2, -0.15) is 5.01 Å². The average Bonchev–Trinajstić information content (AvgIpc) is 3.25. The fraction of sp³-hybridized carbons (Fsp3) is 0.167. The molecular weight excluding hydrogens is 460 g/mol. The third-order valence-corrected chi connectivity index (χ3v) is 5.60. The molecule has 1 heterocycles. The molecule has 0 aromatic heterocycles. The summed E-state index contributed by atoms with van der Waals surface area (Å²) in [6.07, 6.45) is -0.751. The largest absolute Gasteiger partial charge is 0.496 e. The van der Waals surface area contributed by atoms with Crippen molar-refractivity contribution in [2.24, 2.45) is 5.10 Å². The van der Waals surface area contributed by atoms with Crippen molar-refractivity contribution in [1.29, 1.82) is 0 Å². The normalized spacial score (nSPS) is 15.3. The van der Waals surface area contributed by atoms with Gasteiger partial charge in [0, 0.05) is 18.6 Å². The highest BCUT2D eigenvalue weighted by atomic mass is 79.9. The molecular formula is C24H21BrN2O4. The Morgan fingerprint density at radius 2 is 1.55 bits per heavy atom. The number of hydrogen-bond acceptors (Lipinski definition) is 5. The molecule has 1 amide bonds. The molecule has 1 aliphatic rings. The zero-order valence-corrected chi connectivity index (χ0v) is 18.9. The lowest BCUT2D eigenvalue weighted by Gasteiger charge is -2.22. The topological polar surface area (TPSA) is 60.4 Å². The first-order valence-electron chi connectivity index (χ1n) is 9.64. The average molecular weight is 481 g/mol. The number of amides is 1. The third-order valence-electron chi connectivity index (χ3n) is 4.98. The Morgan fingerprint density at radius 3 is 2.16 bits per heavy atom. The van der Waals surface area contributed by atoms with Crippen LogP contribution in [0.4, 0.5) is 0 Å². The van der Waals surface area contributed by atoms with Gasteiger partial charge in [0.05, 0.1) is 24.3 Å². The number of carbonyl (C=O) groups excluding carboxylic acids is 1. The standard InChI is InChI=1S/C24H21BrN2O4/c1-15(28)27-24(19-13-20(25)22(30-3)14-21(19)29-2)31-23(26-27)18-11-9-17(10-12-18)16-7-5-4-6-8-16/h4-14,24H,1-3H3/t24-/m1/s1. The highest BCUT2D eigenvalue weighted by Crippen LogP contribution is 2.40. The van der Waals surface area contributed by atoms with Gasteiger partial charge in [-0.3, -0.25) is 4.79 Å². The van der Waals surface area contributed by atoms with Crippen molar-refractivity contribution < 1.29 is 19.0 Å². The molecule has 0 radical (unpaired) electrons. The number of halogens is 1. The van der Waals surface area contributed by atoms with Gasteiger partial charge in [0.15, 0.2) is 0 Å². The summed E-state index contributed by atoms with van der Waals surface area (Å²) >= 11 is 3.49. The van der Waals surface area contributed by atoms with Gasteiger partial charge in [0.25, 0.3) is 0 Å². The Hall–Kier alpha value is -3.32. The quantitative estimate of drug-likeness (QED) is 0.492. The Kier molecular flexibility index (Phi) is 5.95. The number of hydrazone groups is 1. The van der Waals surface area contributed by atoms with Gasteiger partial charge in [-0.25, -0.2) is 0 Å². The lowest BCUT2D eigenvalue weighted by molar-refractivity contribution is -0.135. The van der Waals surface area contributed by atoms with Crippen LogP contribution in [0.5, 0.6) is 11.5 Å². The fourth-order valence-electron chi connectivity index (χ4n) is 3.40. The molecule has 0 bridgehead atoms. The van der Waals surface area contributed by atoms with Crippen molar-refractivity contribution >= 4 is 27.7 Å². The molecule has 3 aromatic rings. The summed E-state index contributed by atoms with van der Waals surface area (Å²) in [4.78, 5) is 12.3. The number of nitrogens with zero attached hydrogens (tertiary/aromatic N) is 2. The molecule has 1 atom stereocenters. The maximum atomic E-state index is 12.3. The predicted octanol–water partition coefficient (Wildman–Crippen LogP) is 5.37. The molecule has 0 fully saturated rings. The van der Waals surface area contributed by atoms with Crippen molar-refractivity contribution in [3.63, 3.8) is 0 Å². The van der Waals surface area contributed by atoms with Crippen LogP contribution in [0.15, 0.2) is 76.3 Å². The van der Waals surface area contributed by atoms with E-state index in [-0.39, 0.29) is 5.91 Å². The fourth-order valence-corrected chi connectivity index (χ4v) is 3.92. The van der Waals surface area contributed by atoms with Crippen molar-refractivity contribution in [2.75, 3.05) is 14.2 Å². The van der Waals surface area contributed by atoms with E-state index in [0.29, 0.717) is 23.0 Å². The molecule has 7 heteroatoms. The minimum atomic E-state index is -0.751. The number of benzene rings is 3. The number of carbonyl (C=O) groups is 1. The Labute approximate surface area is 189 Å². The van der Waals surface area contributed by atoms with Gasteiger partial charge in [-0.1, -0.05) is 42.5 Å². The van der Waals surface area contributed by atoms with E-state index in [1.165, 1.54) is 11.9 Å². The first kappa shape index (κ1) is 20.9. The highest BCUT2D eigenvalue weighted by molar-refractivity contribution is 9.10. The van der Waals surface area contributed by atoms with Crippen LogP contribution in [0.1, 0.15) is 24.3 Å². The first-order valence-corrected chi connectivity index (χ1v) is 10.4. The molecule has 0 spiro atoms. The maximum absolute atomic E-state index is 12.3. The van der Waals surface area contributed by atoms with Crippen LogP contribution >= 0.6 is 15.9 Å². The minimum Gasteiger partial charge on any atom is -0.496 e. The van der Waals surface area contributed by atoms with Crippen LogP contribution in [0.3, 0.4) is 0 Å². The van der Waals surface area contributed by atoms with Gasteiger partial charge in [-0.05, 0) is 45.3 Å². The second-order valence-corrected chi connectivity index (χ2v) is 7.77. The summed E-state index contributed by atoms with van der Waals surface area (Å²) < 4.78 is 17.7. The number of methoxy groups -OCH3 is 2. The monoisotopic (exact) mass is 480 g/mol. The van der Waals surface area contributed by atoms with E-state index in [1.807, 2.05) is 48.5 Å². The van der Waals surface area contributed by atoms with Crippen LogP contribution < -0.4 is 9.47 Å². The molecule has 0 saturated heterocycles. The van der Waals surface area contributed by atoms with Crippen molar-refractivity contribution in [1.82, 2.24) is 5.01 Å². The lowest BCUT2D eigenvalue weighted by atomic mass is 10.0. The molecule has 0 N–H and O–H groups in total. The number of hydrogen-bond donors (Lipinski definition) is 0. The van der Waals surface area contributed by atoms with E-state index in [2.05, 4.69) is 33.2 Å². The van der Waals surface area contributed by atoms with Gasteiger partial charge in [-0.15, -0.1) is 5.10 Å². The molecule has 158 valence electrons. The van der Waals surface area contributed by atoms with Gasteiger partial charge < -0.3 is 14.2 Å². The van der Waals surface area contributed by atoms with Crippen LogP contribution in [-0.2, 0) is 9.53 Å². The maximum Gasteiger partial charge on any atom is 0.243 e. The summed E-state index contributed by atoms with van der Waals surface area (Å²) in [5, 5.41) is 5.76. The SMILES string of the molecule is COc1cc(OC)c([C@H]2OC(c3ccc(-c4ccccc4)cc3)=NN2C(C)=O)cc1Br. The smallest absolute Gasteiger partial charge is 0.243 e. The van der Waals surface area contributed by atoms with E-state index in [1.54, 1.807) is 20.3 Å². The number of ether oxygens (including phenoxy) is 3. The predicted molar refractivity (Wildman–Crippen MR) is 122 cm³/mol. The van der Waals surface area contributed by atoms with Crippen molar-refractivity contribution in [2.45, 2.75) is 13.2 Å². The lowest BCUT2D eigenvalue weighted by Crippen LogP contribution is -2.25. The molecule has 31 heavy (non-hydrogen) atoms. The molecule has 6 nitrogen and oxygen atoms in total. The van der Waals surface area contributed by atoms with Crippen molar-refractivity contribution in [3.05, 3.63) is 82.3 Å². The van der Waals surface area contributed by atoms with Crippen LogP contribution in [0.2, 0.25) is 0 Å². The van der Waals surface area contributed by atoms with Crippen LogP contribution in [0.25, 0.3) is 11.1 Å². The molecule has 1 aliphatic heterocycles. The van der Waals surface area contributed by atoms with E-state index in [4.69, 9.17) is 14.2 Å². The molecule has 4 rings (SSSR count). The molecule has 0 unspecified atom stereocenters.